The van der Waals surface area contributed by atoms with E-state index in [9.17, 15) is 14.3 Å². The maximum absolute atomic E-state index is 13.1. The van der Waals surface area contributed by atoms with Crippen molar-refractivity contribution >= 4 is 23.2 Å². The third-order valence-electron chi connectivity index (χ3n) is 3.23. The molecule has 0 saturated carbocycles. The number of halogens is 1. The van der Waals surface area contributed by atoms with Crippen molar-refractivity contribution in [2.75, 3.05) is 0 Å². The van der Waals surface area contributed by atoms with Crippen molar-refractivity contribution in [3.8, 4) is 5.75 Å². The Labute approximate surface area is 130 Å². The molecule has 0 bridgehead atoms. The lowest BCUT2D eigenvalue weighted by atomic mass is 10.1. The van der Waals surface area contributed by atoms with Gasteiger partial charge < -0.3 is 10.1 Å². The molecule has 0 unspecified atom stereocenters. The van der Waals surface area contributed by atoms with E-state index in [4.69, 9.17) is 0 Å². The third-order valence-corrected chi connectivity index (χ3v) is 3.23. The monoisotopic (exact) mass is 312 g/mol. The van der Waals surface area contributed by atoms with E-state index in [0.29, 0.717) is 0 Å². The second-order valence-corrected chi connectivity index (χ2v) is 4.93. The van der Waals surface area contributed by atoms with Crippen LogP contribution in [0.1, 0.15) is 11.1 Å². The molecular weight excluding hydrogens is 299 g/mol. The number of aromatic amines is 1. The summed E-state index contributed by atoms with van der Waals surface area (Å²) in [6.45, 7) is 0. The topological polar surface area (TPSA) is 90.4 Å². The van der Waals surface area contributed by atoms with Crippen LogP contribution in [0.25, 0.3) is 11.0 Å². The van der Waals surface area contributed by atoms with Gasteiger partial charge in [-0.15, -0.1) is 0 Å². The first-order chi connectivity index (χ1) is 11.1. The Balaban J connectivity index is 1.62. The number of fused-ring (bicyclic) bond motifs is 1. The summed E-state index contributed by atoms with van der Waals surface area (Å²) in [5, 5.41) is 13.3. The van der Waals surface area contributed by atoms with Crippen molar-refractivity contribution in [3.05, 3.63) is 59.7 Å². The maximum atomic E-state index is 13.1. The summed E-state index contributed by atoms with van der Waals surface area (Å²) in [5.41, 5.74) is 5.01. The van der Waals surface area contributed by atoms with Gasteiger partial charge in [-0.1, -0.05) is 6.07 Å². The molecule has 0 aliphatic carbocycles. The quantitative estimate of drug-likeness (QED) is 0.509. The van der Waals surface area contributed by atoms with Gasteiger partial charge in [0.2, 0.25) is 5.91 Å². The van der Waals surface area contributed by atoms with Gasteiger partial charge in [-0.05, 0) is 35.9 Å². The number of phenolic OH excluding ortho intramolecular Hbond substituents is 1. The Morgan fingerprint density at radius 1 is 1.35 bits per heavy atom. The van der Waals surface area contributed by atoms with Gasteiger partial charge in [0.25, 0.3) is 0 Å². The largest absolute Gasteiger partial charge is 0.507 e. The van der Waals surface area contributed by atoms with E-state index >= 15 is 0 Å². The highest BCUT2D eigenvalue weighted by Crippen LogP contribution is 2.15. The molecule has 0 fully saturated rings. The number of amides is 1. The second kappa shape index (κ2) is 6.27. The van der Waals surface area contributed by atoms with Crippen LogP contribution in [-0.2, 0) is 11.2 Å². The zero-order chi connectivity index (χ0) is 16.2. The number of aromatic nitrogens is 2. The summed E-state index contributed by atoms with van der Waals surface area (Å²) in [6, 6.07) is 8.95. The smallest absolute Gasteiger partial charge is 0.244 e. The van der Waals surface area contributed by atoms with E-state index in [0.717, 1.165) is 28.7 Å². The van der Waals surface area contributed by atoms with Crippen LogP contribution in [0.4, 0.5) is 4.39 Å². The number of carbonyl (C=O) groups is 1. The number of nitrogens with zero attached hydrogens (tertiary/aromatic N) is 2. The molecule has 3 rings (SSSR count). The minimum Gasteiger partial charge on any atom is -0.507 e. The minimum atomic E-state index is -0.497. The van der Waals surface area contributed by atoms with Crippen LogP contribution in [-0.4, -0.2) is 27.2 Å². The SMILES string of the molecule is O=C(Cc1ccc2nc[nH]c2c1)N/N=C/c1cc(F)ccc1O. The van der Waals surface area contributed by atoms with Gasteiger partial charge in [0, 0.05) is 5.56 Å². The summed E-state index contributed by atoms with van der Waals surface area (Å²) in [5.74, 6) is -0.937. The number of rotatable bonds is 4. The third kappa shape index (κ3) is 3.52. The average Bonchev–Trinajstić information content (AvgIpc) is 2.98. The van der Waals surface area contributed by atoms with Crippen LogP contribution in [0.3, 0.4) is 0 Å². The van der Waals surface area contributed by atoms with Crippen molar-refractivity contribution in [2.45, 2.75) is 6.42 Å². The molecule has 116 valence electrons. The normalized spacial score (nSPS) is 11.2. The number of benzene rings is 2. The lowest BCUT2D eigenvalue weighted by Gasteiger charge is -2.01. The van der Waals surface area contributed by atoms with Gasteiger partial charge in [0.15, 0.2) is 0 Å². The van der Waals surface area contributed by atoms with Crippen molar-refractivity contribution in [2.24, 2.45) is 5.10 Å². The summed E-state index contributed by atoms with van der Waals surface area (Å²) in [7, 11) is 0. The molecular formula is C16H13FN4O2. The van der Waals surface area contributed by atoms with Crippen LogP contribution >= 0.6 is 0 Å². The molecule has 1 amide bonds. The van der Waals surface area contributed by atoms with Gasteiger partial charge in [0.1, 0.15) is 11.6 Å². The number of carbonyl (C=O) groups excluding carboxylic acids is 1. The molecule has 6 nitrogen and oxygen atoms in total. The van der Waals surface area contributed by atoms with Crippen LogP contribution in [0.5, 0.6) is 5.75 Å². The molecule has 0 radical (unpaired) electrons. The van der Waals surface area contributed by atoms with Gasteiger partial charge in [-0.25, -0.2) is 14.8 Å². The van der Waals surface area contributed by atoms with Crippen LogP contribution < -0.4 is 5.43 Å². The molecule has 0 saturated heterocycles. The Morgan fingerprint density at radius 3 is 3.09 bits per heavy atom. The van der Waals surface area contributed by atoms with Crippen molar-refractivity contribution < 1.29 is 14.3 Å². The predicted molar refractivity (Wildman–Crippen MR) is 83.6 cm³/mol. The summed E-state index contributed by atoms with van der Waals surface area (Å²) in [4.78, 5) is 18.9. The first-order valence-corrected chi connectivity index (χ1v) is 6.84. The van der Waals surface area contributed by atoms with E-state index in [1.54, 1.807) is 6.33 Å². The zero-order valence-corrected chi connectivity index (χ0v) is 12.0. The molecule has 0 aliphatic heterocycles. The molecule has 1 heterocycles. The van der Waals surface area contributed by atoms with E-state index < -0.39 is 5.82 Å². The van der Waals surface area contributed by atoms with E-state index in [-0.39, 0.29) is 23.6 Å². The fourth-order valence-corrected chi connectivity index (χ4v) is 2.12. The lowest BCUT2D eigenvalue weighted by Crippen LogP contribution is -2.19. The van der Waals surface area contributed by atoms with E-state index in [1.807, 2.05) is 18.2 Å². The lowest BCUT2D eigenvalue weighted by molar-refractivity contribution is -0.120. The number of hydrogen-bond donors (Lipinski definition) is 3. The molecule has 7 heteroatoms. The molecule has 0 atom stereocenters. The number of hydrazone groups is 1. The number of imidazole rings is 1. The van der Waals surface area contributed by atoms with Crippen LogP contribution in [0, 0.1) is 5.82 Å². The van der Waals surface area contributed by atoms with Crippen molar-refractivity contribution in [1.29, 1.82) is 0 Å². The summed E-state index contributed by atoms with van der Waals surface area (Å²) < 4.78 is 13.1. The molecule has 0 aliphatic rings. The highest BCUT2D eigenvalue weighted by Gasteiger charge is 2.05. The minimum absolute atomic E-state index is 0.117. The fraction of sp³-hybridized carbons (Fsp3) is 0.0625. The Bertz CT molecular complexity index is 889. The van der Waals surface area contributed by atoms with Gasteiger partial charge in [-0.3, -0.25) is 4.79 Å². The van der Waals surface area contributed by atoms with E-state index in [1.165, 1.54) is 12.3 Å². The maximum Gasteiger partial charge on any atom is 0.244 e. The Hall–Kier alpha value is -3.22. The summed E-state index contributed by atoms with van der Waals surface area (Å²) in [6.07, 6.45) is 2.92. The molecule has 3 aromatic rings. The number of H-pyrrole nitrogens is 1. The van der Waals surface area contributed by atoms with E-state index in [2.05, 4.69) is 20.5 Å². The Kier molecular flexibility index (Phi) is 4.01. The zero-order valence-electron chi connectivity index (χ0n) is 12.0. The second-order valence-electron chi connectivity index (χ2n) is 4.93. The molecule has 2 aromatic carbocycles. The number of nitrogens with one attached hydrogen (secondary N) is 2. The van der Waals surface area contributed by atoms with Gasteiger partial charge in [0.05, 0.1) is 30.0 Å². The highest BCUT2D eigenvalue weighted by molar-refractivity contribution is 5.86. The molecule has 0 spiro atoms. The molecule has 1 aromatic heterocycles. The molecule has 23 heavy (non-hydrogen) atoms. The average molecular weight is 312 g/mol. The van der Waals surface area contributed by atoms with Crippen molar-refractivity contribution in [1.82, 2.24) is 15.4 Å². The summed E-state index contributed by atoms with van der Waals surface area (Å²) >= 11 is 0. The number of phenols is 1. The standard InChI is InChI=1S/C16H13FN4O2/c17-12-2-4-15(22)11(7-12)8-20-21-16(23)6-10-1-3-13-14(5-10)19-9-18-13/h1-5,7-9,22H,6H2,(H,18,19)(H,21,23)/b20-8+. The van der Waals surface area contributed by atoms with Crippen LogP contribution in [0.2, 0.25) is 0 Å². The number of hydrogen-bond acceptors (Lipinski definition) is 4. The highest BCUT2D eigenvalue weighted by atomic mass is 19.1. The predicted octanol–water partition coefficient (Wildman–Crippen LogP) is 2.10. The Morgan fingerprint density at radius 2 is 2.22 bits per heavy atom. The first kappa shape index (κ1) is 14.7. The number of aromatic hydroxyl groups is 1. The van der Waals surface area contributed by atoms with Gasteiger partial charge >= 0.3 is 0 Å². The molecule has 3 N–H and O–H groups in total. The fourth-order valence-electron chi connectivity index (χ4n) is 2.12. The van der Waals surface area contributed by atoms with Crippen LogP contribution in [0.15, 0.2) is 47.8 Å². The first-order valence-electron chi connectivity index (χ1n) is 6.84. The van der Waals surface area contributed by atoms with Gasteiger partial charge in [-0.2, -0.15) is 5.10 Å². The van der Waals surface area contributed by atoms with Crippen molar-refractivity contribution in [3.63, 3.8) is 0 Å².